The van der Waals surface area contributed by atoms with Gasteiger partial charge in [-0.1, -0.05) is 25.0 Å². The quantitative estimate of drug-likeness (QED) is 0.538. The largest absolute Gasteiger partial charge is 0.497 e. The fourth-order valence-corrected chi connectivity index (χ4v) is 5.85. The molecule has 0 aromatic heterocycles. The highest BCUT2D eigenvalue weighted by molar-refractivity contribution is 5.95. The van der Waals surface area contributed by atoms with Crippen molar-refractivity contribution in [2.75, 3.05) is 46.4 Å². The Bertz CT molecular complexity index is 1040. The first-order valence-corrected chi connectivity index (χ1v) is 13.5. The number of hydrogen-bond acceptors (Lipinski definition) is 6. The number of amides is 3. The van der Waals surface area contributed by atoms with Gasteiger partial charge < -0.3 is 19.7 Å². The molecule has 1 saturated heterocycles. The van der Waals surface area contributed by atoms with Crippen molar-refractivity contribution in [2.24, 2.45) is 5.92 Å². The Hall–Kier alpha value is -3.07. The number of methoxy groups -OCH3 is 1. The van der Waals surface area contributed by atoms with Gasteiger partial charge in [-0.3, -0.25) is 14.6 Å². The zero-order chi connectivity index (χ0) is 26.5. The van der Waals surface area contributed by atoms with Crippen LogP contribution in [0.2, 0.25) is 0 Å². The van der Waals surface area contributed by atoms with Crippen molar-refractivity contribution >= 4 is 17.9 Å². The van der Waals surface area contributed by atoms with E-state index in [1.165, 1.54) is 0 Å². The van der Waals surface area contributed by atoms with E-state index in [2.05, 4.69) is 17.1 Å². The van der Waals surface area contributed by atoms with Gasteiger partial charge in [-0.2, -0.15) is 0 Å². The smallest absolute Gasteiger partial charge is 0.338 e. The summed E-state index contributed by atoms with van der Waals surface area (Å²) in [6, 6.07) is 6.55. The molecule has 2 fully saturated rings. The average molecular weight is 513 g/mol. The molecular formula is C28H40N4O5. The topological polar surface area (TPSA) is 91.4 Å². The zero-order valence-corrected chi connectivity index (χ0v) is 22.5. The molecule has 2 unspecified atom stereocenters. The summed E-state index contributed by atoms with van der Waals surface area (Å²) in [5.41, 5.74) is 1.85. The van der Waals surface area contributed by atoms with E-state index >= 15 is 0 Å². The van der Waals surface area contributed by atoms with Crippen LogP contribution in [0.15, 0.2) is 35.5 Å². The molecule has 9 nitrogen and oxygen atoms in total. The van der Waals surface area contributed by atoms with Crippen molar-refractivity contribution in [3.05, 3.63) is 41.1 Å². The minimum Gasteiger partial charge on any atom is -0.497 e. The molecule has 3 aliphatic rings. The minimum absolute atomic E-state index is 0.0650. The van der Waals surface area contributed by atoms with Gasteiger partial charge in [0.2, 0.25) is 5.91 Å². The molecule has 1 saturated carbocycles. The third kappa shape index (κ3) is 5.76. The number of piperazine rings is 1. The van der Waals surface area contributed by atoms with Crippen LogP contribution in [0.3, 0.4) is 0 Å². The van der Waals surface area contributed by atoms with E-state index in [-0.39, 0.29) is 30.5 Å². The Morgan fingerprint density at radius 2 is 1.89 bits per heavy atom. The molecule has 3 amide bonds. The van der Waals surface area contributed by atoms with Crippen LogP contribution < -0.4 is 10.1 Å². The second-order valence-corrected chi connectivity index (χ2v) is 10.1. The Morgan fingerprint density at radius 3 is 2.54 bits per heavy atom. The van der Waals surface area contributed by atoms with Gasteiger partial charge in [-0.15, -0.1) is 0 Å². The SMILES string of the molecule is CCOC(=O)C1=C(CN2CCN(C(=O)C3CCCC3)C(C)C2)N(CC)C(=O)NC1c1cccc(OC)c1. The highest BCUT2D eigenvalue weighted by Crippen LogP contribution is 2.34. The summed E-state index contributed by atoms with van der Waals surface area (Å²) in [5, 5.41) is 3.00. The Morgan fingerprint density at radius 1 is 1.14 bits per heavy atom. The number of likely N-dealkylation sites (N-methyl/N-ethyl adjacent to an activating group) is 1. The molecule has 0 radical (unpaired) electrons. The van der Waals surface area contributed by atoms with Crippen LogP contribution in [0.25, 0.3) is 0 Å². The van der Waals surface area contributed by atoms with Gasteiger partial charge in [0.1, 0.15) is 5.75 Å². The predicted molar refractivity (Wildman–Crippen MR) is 140 cm³/mol. The van der Waals surface area contributed by atoms with E-state index in [1.54, 1.807) is 18.9 Å². The Kier molecular flexibility index (Phi) is 8.74. The lowest BCUT2D eigenvalue weighted by molar-refractivity contribution is -0.140. The van der Waals surface area contributed by atoms with Gasteiger partial charge in [0, 0.05) is 50.4 Å². The van der Waals surface area contributed by atoms with Crippen molar-refractivity contribution in [3.63, 3.8) is 0 Å². The van der Waals surface area contributed by atoms with Gasteiger partial charge in [0.15, 0.2) is 0 Å². The van der Waals surface area contributed by atoms with Gasteiger partial charge in [0.05, 0.1) is 25.3 Å². The van der Waals surface area contributed by atoms with Crippen molar-refractivity contribution in [2.45, 2.75) is 58.5 Å². The lowest BCUT2D eigenvalue weighted by Gasteiger charge is -2.43. The summed E-state index contributed by atoms with van der Waals surface area (Å²) in [4.78, 5) is 45.5. The van der Waals surface area contributed by atoms with Crippen LogP contribution in [-0.2, 0) is 14.3 Å². The summed E-state index contributed by atoms with van der Waals surface area (Å²) < 4.78 is 10.9. The van der Waals surface area contributed by atoms with E-state index in [4.69, 9.17) is 9.47 Å². The predicted octanol–water partition coefficient (Wildman–Crippen LogP) is 3.32. The summed E-state index contributed by atoms with van der Waals surface area (Å²) in [6.45, 7) is 8.86. The molecule has 1 N–H and O–H groups in total. The molecule has 2 aliphatic heterocycles. The van der Waals surface area contributed by atoms with Gasteiger partial charge in [0.25, 0.3) is 0 Å². The molecule has 37 heavy (non-hydrogen) atoms. The third-order valence-electron chi connectivity index (χ3n) is 7.75. The van der Waals surface area contributed by atoms with E-state index < -0.39 is 12.0 Å². The lowest BCUT2D eigenvalue weighted by Crippen LogP contribution is -2.57. The van der Waals surface area contributed by atoms with Crippen LogP contribution in [0.4, 0.5) is 4.79 Å². The summed E-state index contributed by atoms with van der Waals surface area (Å²) in [7, 11) is 1.59. The number of ether oxygens (including phenoxy) is 2. The number of benzene rings is 1. The van der Waals surface area contributed by atoms with Crippen LogP contribution in [0.5, 0.6) is 5.75 Å². The molecular weight excluding hydrogens is 472 g/mol. The maximum absolute atomic E-state index is 13.3. The zero-order valence-electron chi connectivity index (χ0n) is 22.5. The number of urea groups is 1. The van der Waals surface area contributed by atoms with E-state index in [1.807, 2.05) is 36.1 Å². The van der Waals surface area contributed by atoms with Crippen molar-refractivity contribution < 1.29 is 23.9 Å². The fourth-order valence-electron chi connectivity index (χ4n) is 5.85. The van der Waals surface area contributed by atoms with E-state index in [9.17, 15) is 14.4 Å². The van der Waals surface area contributed by atoms with Gasteiger partial charge >= 0.3 is 12.0 Å². The molecule has 1 aromatic carbocycles. The number of nitrogens with one attached hydrogen (secondary N) is 1. The monoisotopic (exact) mass is 512 g/mol. The molecule has 0 bridgehead atoms. The molecule has 9 heteroatoms. The Labute approximate surface area is 219 Å². The molecule has 2 atom stereocenters. The van der Waals surface area contributed by atoms with Crippen molar-refractivity contribution in [1.29, 1.82) is 0 Å². The van der Waals surface area contributed by atoms with Gasteiger partial charge in [-0.05, 0) is 51.3 Å². The highest BCUT2D eigenvalue weighted by atomic mass is 16.5. The number of hydrogen-bond donors (Lipinski definition) is 1. The summed E-state index contributed by atoms with van der Waals surface area (Å²) >= 11 is 0. The normalized spacial score (nSPS) is 23.3. The minimum atomic E-state index is -0.651. The van der Waals surface area contributed by atoms with E-state index in [0.29, 0.717) is 49.7 Å². The first-order valence-electron chi connectivity index (χ1n) is 13.5. The first kappa shape index (κ1) is 27.0. The maximum atomic E-state index is 13.3. The standard InChI is InChI=1S/C28H40N4O5/c1-5-31-23(18-30-14-15-32(19(3)17-30)26(33)20-10-7-8-11-20)24(27(34)37-6-2)25(29-28(31)35)21-12-9-13-22(16-21)36-4/h9,12-13,16,19-20,25H,5-8,10-11,14-15,17-18H2,1-4H3,(H,29,35). The summed E-state index contributed by atoms with van der Waals surface area (Å²) in [6.07, 6.45) is 4.26. The third-order valence-corrected chi connectivity index (χ3v) is 7.75. The maximum Gasteiger partial charge on any atom is 0.338 e. The van der Waals surface area contributed by atoms with E-state index in [0.717, 1.165) is 31.2 Å². The summed E-state index contributed by atoms with van der Waals surface area (Å²) in [5.74, 6) is 0.646. The molecule has 0 spiro atoms. The fraction of sp³-hybridized carbons (Fsp3) is 0.607. The van der Waals surface area contributed by atoms with Crippen molar-refractivity contribution in [3.8, 4) is 5.75 Å². The first-order chi connectivity index (χ1) is 17.9. The molecule has 1 aromatic rings. The van der Waals surface area contributed by atoms with Crippen LogP contribution in [-0.4, -0.2) is 85.1 Å². The number of rotatable bonds is 8. The molecule has 202 valence electrons. The number of nitrogens with zero attached hydrogens (tertiary/aromatic N) is 3. The van der Waals surface area contributed by atoms with Crippen molar-refractivity contribution in [1.82, 2.24) is 20.0 Å². The Balaban J connectivity index is 1.63. The molecule has 1 aliphatic carbocycles. The molecule has 2 heterocycles. The number of carbonyl (C=O) groups is 3. The van der Waals surface area contributed by atoms with Crippen LogP contribution >= 0.6 is 0 Å². The average Bonchev–Trinajstić information content (AvgIpc) is 3.43. The second-order valence-electron chi connectivity index (χ2n) is 10.1. The lowest BCUT2D eigenvalue weighted by atomic mass is 9.93. The van der Waals surface area contributed by atoms with Crippen LogP contribution in [0.1, 0.15) is 58.1 Å². The highest BCUT2D eigenvalue weighted by Gasteiger charge is 2.40. The number of carbonyl (C=O) groups excluding carboxylic acids is 3. The number of esters is 1. The molecule has 4 rings (SSSR count). The van der Waals surface area contributed by atoms with Gasteiger partial charge in [-0.25, -0.2) is 9.59 Å². The van der Waals surface area contributed by atoms with Crippen LogP contribution in [0, 0.1) is 5.92 Å². The second kappa shape index (κ2) is 12.0.